The second-order valence-electron chi connectivity index (χ2n) is 4.63. The molecule has 0 aliphatic carbocycles. The minimum absolute atomic E-state index is 0.139. The average molecular weight is 302 g/mol. The zero-order valence-electron chi connectivity index (χ0n) is 12.2. The molecule has 0 aliphatic heterocycles. The molecular weight excluding hydrogens is 284 g/mol. The van der Waals surface area contributed by atoms with Crippen LogP contribution in [0.3, 0.4) is 0 Å². The molecule has 2 atom stereocenters. The van der Waals surface area contributed by atoms with Gasteiger partial charge in [-0.15, -0.1) is 0 Å². The lowest BCUT2D eigenvalue weighted by molar-refractivity contribution is -0.159. The Kier molecular flexibility index (Phi) is 5.52. The third kappa shape index (κ3) is 4.07. The lowest BCUT2D eigenvalue weighted by Crippen LogP contribution is -2.29. The van der Waals surface area contributed by atoms with Crippen molar-refractivity contribution in [1.82, 2.24) is 0 Å². The van der Waals surface area contributed by atoms with Gasteiger partial charge in [0.15, 0.2) is 6.10 Å². The minimum Gasteiger partial charge on any atom is -0.464 e. The number of benzene rings is 2. The van der Waals surface area contributed by atoms with E-state index < -0.39 is 18.2 Å². The van der Waals surface area contributed by atoms with Gasteiger partial charge in [0.2, 0.25) is 0 Å². The summed E-state index contributed by atoms with van der Waals surface area (Å²) in [7, 11) is 0. The van der Waals surface area contributed by atoms with Crippen molar-refractivity contribution in [3.8, 4) is 11.5 Å². The summed E-state index contributed by atoms with van der Waals surface area (Å²) in [5, 5.41) is 19.9. The van der Waals surface area contributed by atoms with Crippen LogP contribution in [0, 0.1) is 0 Å². The van der Waals surface area contributed by atoms with Crippen LogP contribution in [0.5, 0.6) is 11.5 Å². The van der Waals surface area contributed by atoms with E-state index in [9.17, 15) is 15.0 Å². The molecule has 116 valence electrons. The van der Waals surface area contributed by atoms with E-state index in [4.69, 9.17) is 9.47 Å². The maximum Gasteiger partial charge on any atom is 0.338 e. The van der Waals surface area contributed by atoms with Crippen LogP contribution in [-0.2, 0) is 9.53 Å². The van der Waals surface area contributed by atoms with E-state index in [1.165, 1.54) is 0 Å². The molecule has 0 radical (unpaired) electrons. The third-order valence-corrected chi connectivity index (χ3v) is 3.01. The van der Waals surface area contributed by atoms with Gasteiger partial charge in [0.1, 0.15) is 17.6 Å². The molecule has 22 heavy (non-hydrogen) atoms. The van der Waals surface area contributed by atoms with Crippen LogP contribution in [0.2, 0.25) is 0 Å². The summed E-state index contributed by atoms with van der Waals surface area (Å²) in [4.78, 5) is 11.5. The van der Waals surface area contributed by atoms with Crippen LogP contribution in [-0.4, -0.2) is 28.9 Å². The highest BCUT2D eigenvalue weighted by Crippen LogP contribution is 2.26. The quantitative estimate of drug-likeness (QED) is 0.802. The number of hydrogen-bond donors (Lipinski definition) is 2. The number of carbonyl (C=O) groups excluding carboxylic acids is 1. The van der Waals surface area contributed by atoms with Crippen molar-refractivity contribution in [2.75, 3.05) is 6.61 Å². The minimum atomic E-state index is -1.63. The summed E-state index contributed by atoms with van der Waals surface area (Å²) in [5.74, 6) is 0.295. The first-order valence-electron chi connectivity index (χ1n) is 6.97. The summed E-state index contributed by atoms with van der Waals surface area (Å²) in [6, 6.07) is 15.7. The zero-order chi connectivity index (χ0) is 15.9. The number of carbonyl (C=O) groups is 1. The summed E-state index contributed by atoms with van der Waals surface area (Å²) < 4.78 is 10.3. The van der Waals surface area contributed by atoms with Crippen molar-refractivity contribution >= 4 is 5.97 Å². The van der Waals surface area contributed by atoms with Gasteiger partial charge in [-0.3, -0.25) is 0 Å². The van der Waals surface area contributed by atoms with Gasteiger partial charge < -0.3 is 19.7 Å². The first-order chi connectivity index (χ1) is 10.6. The topological polar surface area (TPSA) is 76.0 Å². The Labute approximate surface area is 128 Å². The summed E-state index contributed by atoms with van der Waals surface area (Å²) >= 11 is 0. The molecule has 0 heterocycles. The fraction of sp³-hybridized carbons (Fsp3) is 0.235. The fourth-order valence-corrected chi connectivity index (χ4v) is 1.93. The van der Waals surface area contributed by atoms with Gasteiger partial charge in [-0.2, -0.15) is 0 Å². The van der Waals surface area contributed by atoms with Gasteiger partial charge >= 0.3 is 5.97 Å². The Bertz CT molecular complexity index is 611. The van der Waals surface area contributed by atoms with Crippen molar-refractivity contribution in [2.45, 2.75) is 19.1 Å². The first kappa shape index (κ1) is 16.0. The number of ether oxygens (including phenoxy) is 2. The molecular formula is C17H18O5. The van der Waals surface area contributed by atoms with Gasteiger partial charge in [0.05, 0.1) is 6.61 Å². The summed E-state index contributed by atoms with van der Waals surface area (Å²) in [6.07, 6.45) is -3.01. The highest BCUT2D eigenvalue weighted by molar-refractivity contribution is 5.75. The van der Waals surface area contributed by atoms with Gasteiger partial charge in [-0.25, -0.2) is 4.79 Å². The Morgan fingerprint density at radius 3 is 2.41 bits per heavy atom. The second-order valence-corrected chi connectivity index (χ2v) is 4.63. The summed E-state index contributed by atoms with van der Waals surface area (Å²) in [5.41, 5.74) is 0.369. The molecule has 0 amide bonds. The lowest BCUT2D eigenvalue weighted by atomic mass is 10.0. The van der Waals surface area contributed by atoms with E-state index in [1.54, 1.807) is 43.3 Å². The van der Waals surface area contributed by atoms with E-state index in [0.717, 1.165) is 0 Å². The number of aliphatic hydroxyl groups is 2. The Morgan fingerprint density at radius 1 is 1.05 bits per heavy atom. The Morgan fingerprint density at radius 2 is 1.73 bits per heavy atom. The monoisotopic (exact) mass is 302 g/mol. The number of hydrogen-bond acceptors (Lipinski definition) is 5. The molecule has 5 heteroatoms. The molecule has 0 saturated carbocycles. The molecule has 5 nitrogen and oxygen atoms in total. The van der Waals surface area contributed by atoms with Crippen LogP contribution in [0.4, 0.5) is 0 Å². The van der Waals surface area contributed by atoms with Gasteiger partial charge in [0, 0.05) is 0 Å². The van der Waals surface area contributed by atoms with E-state index in [1.807, 2.05) is 18.2 Å². The maximum absolute atomic E-state index is 11.5. The van der Waals surface area contributed by atoms with Crippen LogP contribution < -0.4 is 4.74 Å². The van der Waals surface area contributed by atoms with Gasteiger partial charge in [-0.1, -0.05) is 30.3 Å². The molecule has 2 aromatic rings. The molecule has 0 aromatic heterocycles. The van der Waals surface area contributed by atoms with Crippen LogP contribution in [0.1, 0.15) is 18.6 Å². The largest absolute Gasteiger partial charge is 0.464 e. The molecule has 2 N–H and O–H groups in total. The second kappa shape index (κ2) is 7.59. The number of esters is 1. The highest BCUT2D eigenvalue weighted by atomic mass is 16.5. The first-order valence-corrected chi connectivity index (χ1v) is 6.97. The number of rotatable bonds is 6. The molecule has 0 bridgehead atoms. The molecule has 0 spiro atoms. The van der Waals surface area contributed by atoms with E-state index in [0.29, 0.717) is 17.1 Å². The zero-order valence-corrected chi connectivity index (χ0v) is 12.2. The predicted octanol–water partition coefficient (Wildman–Crippen LogP) is 2.44. The lowest BCUT2D eigenvalue weighted by Gasteiger charge is -2.17. The smallest absolute Gasteiger partial charge is 0.338 e. The van der Waals surface area contributed by atoms with E-state index in [2.05, 4.69) is 0 Å². The average Bonchev–Trinajstić information content (AvgIpc) is 2.55. The van der Waals surface area contributed by atoms with Crippen molar-refractivity contribution < 1.29 is 24.5 Å². The predicted molar refractivity (Wildman–Crippen MR) is 80.6 cm³/mol. The van der Waals surface area contributed by atoms with Crippen molar-refractivity contribution in [1.29, 1.82) is 0 Å². The van der Waals surface area contributed by atoms with E-state index >= 15 is 0 Å². The van der Waals surface area contributed by atoms with Crippen LogP contribution in [0.15, 0.2) is 54.6 Å². The molecule has 2 unspecified atom stereocenters. The van der Waals surface area contributed by atoms with E-state index in [-0.39, 0.29) is 6.61 Å². The van der Waals surface area contributed by atoms with Crippen molar-refractivity contribution in [3.05, 3.63) is 60.2 Å². The maximum atomic E-state index is 11.5. The number of aliphatic hydroxyl groups excluding tert-OH is 2. The molecule has 0 aliphatic rings. The molecule has 0 saturated heterocycles. The molecule has 2 aromatic carbocycles. The summed E-state index contributed by atoms with van der Waals surface area (Å²) in [6.45, 7) is 1.77. The van der Waals surface area contributed by atoms with Crippen LogP contribution in [0.25, 0.3) is 0 Å². The highest BCUT2D eigenvalue weighted by Gasteiger charge is 2.27. The standard InChI is InChI=1S/C17H18O5/c1-2-21-17(20)16(19)15(18)12-7-6-10-14(11-12)22-13-8-4-3-5-9-13/h3-11,15-16,18-19H,2H2,1H3. The van der Waals surface area contributed by atoms with Gasteiger partial charge in [0.25, 0.3) is 0 Å². The SMILES string of the molecule is CCOC(=O)C(O)C(O)c1cccc(Oc2ccccc2)c1. The fourth-order valence-electron chi connectivity index (χ4n) is 1.93. The molecule has 2 rings (SSSR count). The van der Waals surface area contributed by atoms with Gasteiger partial charge in [-0.05, 0) is 36.8 Å². The van der Waals surface area contributed by atoms with Crippen molar-refractivity contribution in [2.24, 2.45) is 0 Å². The molecule has 0 fully saturated rings. The Hall–Kier alpha value is -2.37. The number of para-hydroxylation sites is 1. The van der Waals surface area contributed by atoms with Crippen molar-refractivity contribution in [3.63, 3.8) is 0 Å². The third-order valence-electron chi connectivity index (χ3n) is 3.01. The normalized spacial score (nSPS) is 13.2. The van der Waals surface area contributed by atoms with Crippen LogP contribution >= 0.6 is 0 Å². The Balaban J connectivity index is 2.12.